The second kappa shape index (κ2) is 7.93. The molecule has 0 spiro atoms. The highest BCUT2D eigenvalue weighted by atomic mass is 28.4. The van der Waals surface area contributed by atoms with Crippen molar-refractivity contribution in [3.05, 3.63) is 0 Å². The van der Waals surface area contributed by atoms with Gasteiger partial charge in [0.1, 0.15) is 0 Å². The van der Waals surface area contributed by atoms with Crippen LogP contribution in [0.5, 0.6) is 0 Å². The molecule has 0 radical (unpaired) electrons. The average molecular weight is 292 g/mol. The van der Waals surface area contributed by atoms with E-state index in [1.54, 1.807) is 21.3 Å². The molecule has 1 aliphatic rings. The Labute approximate surface area is 115 Å². The van der Waals surface area contributed by atoms with E-state index in [1.807, 2.05) is 0 Å². The maximum Gasteiger partial charge on any atom is 0.514 e. The van der Waals surface area contributed by atoms with Gasteiger partial charge in [0.15, 0.2) is 0 Å². The van der Waals surface area contributed by atoms with E-state index in [0.29, 0.717) is 12.7 Å². The van der Waals surface area contributed by atoms with E-state index in [1.165, 1.54) is 7.11 Å². The molecule has 0 saturated carbocycles. The molecule has 0 bridgehead atoms. The Morgan fingerprint density at radius 3 is 1.84 bits per heavy atom. The van der Waals surface area contributed by atoms with Crippen molar-refractivity contribution >= 4 is 14.8 Å². The molecular formula is C11H24N2O5Si. The van der Waals surface area contributed by atoms with Crippen molar-refractivity contribution in [1.82, 2.24) is 9.80 Å². The van der Waals surface area contributed by atoms with Crippen molar-refractivity contribution in [1.29, 1.82) is 0 Å². The summed E-state index contributed by atoms with van der Waals surface area (Å²) in [5.41, 5.74) is 0. The fraction of sp³-hybridized carbons (Fsp3) is 0.909. The lowest BCUT2D eigenvalue weighted by Gasteiger charge is -2.37. The molecule has 1 rings (SSSR count). The normalized spacial score (nSPS) is 18.5. The van der Waals surface area contributed by atoms with Gasteiger partial charge in [-0.25, -0.2) is 0 Å². The van der Waals surface area contributed by atoms with Gasteiger partial charge in [0.25, 0.3) is 0 Å². The minimum Gasteiger partial charge on any atom is -0.468 e. The Hall–Kier alpha value is -0.513. The number of carbonyl (C=O) groups is 1. The van der Waals surface area contributed by atoms with Crippen molar-refractivity contribution < 1.29 is 22.8 Å². The largest absolute Gasteiger partial charge is 0.514 e. The van der Waals surface area contributed by atoms with Gasteiger partial charge >= 0.3 is 14.8 Å². The molecule has 0 unspecified atom stereocenters. The van der Waals surface area contributed by atoms with Gasteiger partial charge in [-0.2, -0.15) is 0 Å². The van der Waals surface area contributed by atoms with Crippen LogP contribution in [0.15, 0.2) is 0 Å². The topological polar surface area (TPSA) is 60.5 Å². The quantitative estimate of drug-likeness (QED) is 0.449. The molecule has 0 atom stereocenters. The third-order valence-corrected chi connectivity index (χ3v) is 6.10. The highest BCUT2D eigenvalue weighted by Crippen LogP contribution is 2.11. The number of hydrogen-bond acceptors (Lipinski definition) is 7. The van der Waals surface area contributed by atoms with Crippen LogP contribution in [0.4, 0.5) is 0 Å². The molecule has 0 amide bonds. The van der Waals surface area contributed by atoms with Crippen LogP contribution in [0.3, 0.4) is 0 Å². The zero-order chi connectivity index (χ0) is 14.3. The number of methoxy groups -OCH3 is 1. The summed E-state index contributed by atoms with van der Waals surface area (Å²) in [6, 6.07) is 0. The smallest absolute Gasteiger partial charge is 0.468 e. The summed E-state index contributed by atoms with van der Waals surface area (Å²) in [5, 5.41) is 0. The third-order valence-electron chi connectivity index (χ3n) is 3.40. The molecule has 0 aliphatic carbocycles. The highest BCUT2D eigenvalue weighted by Gasteiger charge is 2.40. The number of carbonyl (C=O) groups excluding carboxylic acids is 1. The minimum absolute atomic E-state index is 0.192. The number of hydrogen-bond donors (Lipinski definition) is 0. The second-order valence-electron chi connectivity index (χ2n) is 4.42. The summed E-state index contributed by atoms with van der Waals surface area (Å²) in [7, 11) is 3.71. The van der Waals surface area contributed by atoms with Crippen LogP contribution in [0.1, 0.15) is 0 Å². The predicted octanol–water partition coefficient (Wildman–Crippen LogP) is -0.806. The SMILES string of the molecule is COC(=O)CN1CCN(C[Si](OC)(OC)OC)CC1. The van der Waals surface area contributed by atoms with Gasteiger partial charge in [0.2, 0.25) is 0 Å². The number of rotatable bonds is 7. The van der Waals surface area contributed by atoms with Crippen LogP contribution in [-0.2, 0) is 22.8 Å². The van der Waals surface area contributed by atoms with Crippen LogP contribution in [0, 0.1) is 0 Å². The van der Waals surface area contributed by atoms with Crippen LogP contribution in [-0.4, -0.2) is 91.9 Å². The molecule has 0 aromatic heterocycles. The molecule has 0 aromatic rings. The fourth-order valence-corrected chi connectivity index (χ4v) is 3.82. The van der Waals surface area contributed by atoms with Crippen molar-refractivity contribution in [3.8, 4) is 0 Å². The minimum atomic E-state index is -2.55. The summed E-state index contributed by atoms with van der Waals surface area (Å²) in [5.74, 6) is -0.192. The number of piperazine rings is 1. The second-order valence-corrected chi connectivity index (χ2v) is 7.33. The van der Waals surface area contributed by atoms with Crippen molar-refractivity contribution in [3.63, 3.8) is 0 Å². The first-order valence-corrected chi connectivity index (χ1v) is 8.19. The van der Waals surface area contributed by atoms with Gasteiger partial charge in [0.05, 0.1) is 19.8 Å². The lowest BCUT2D eigenvalue weighted by atomic mass is 10.3. The number of ether oxygens (including phenoxy) is 1. The van der Waals surface area contributed by atoms with E-state index < -0.39 is 8.80 Å². The van der Waals surface area contributed by atoms with Gasteiger partial charge in [-0.3, -0.25) is 14.6 Å². The molecule has 0 aromatic carbocycles. The first-order valence-electron chi connectivity index (χ1n) is 6.26. The molecule has 1 aliphatic heterocycles. The monoisotopic (exact) mass is 292 g/mol. The highest BCUT2D eigenvalue weighted by molar-refractivity contribution is 6.60. The van der Waals surface area contributed by atoms with Crippen LogP contribution in [0.2, 0.25) is 0 Å². The Morgan fingerprint density at radius 1 is 0.947 bits per heavy atom. The first kappa shape index (κ1) is 16.5. The van der Waals surface area contributed by atoms with E-state index in [4.69, 9.17) is 13.3 Å². The summed E-state index contributed by atoms with van der Waals surface area (Å²) in [4.78, 5) is 15.5. The molecule has 1 heterocycles. The van der Waals surface area contributed by atoms with E-state index in [9.17, 15) is 4.79 Å². The zero-order valence-corrected chi connectivity index (χ0v) is 13.2. The van der Waals surface area contributed by atoms with E-state index in [-0.39, 0.29) is 5.97 Å². The summed E-state index contributed by atoms with van der Waals surface area (Å²) in [6.07, 6.45) is 0.669. The van der Waals surface area contributed by atoms with E-state index >= 15 is 0 Å². The zero-order valence-electron chi connectivity index (χ0n) is 12.2. The lowest BCUT2D eigenvalue weighted by molar-refractivity contribution is -0.142. The molecule has 0 N–H and O–H groups in total. The van der Waals surface area contributed by atoms with Gasteiger partial charge in [-0.15, -0.1) is 0 Å². The number of esters is 1. The maximum atomic E-state index is 11.2. The third kappa shape index (κ3) is 4.82. The van der Waals surface area contributed by atoms with Gasteiger partial charge in [0, 0.05) is 47.5 Å². The van der Waals surface area contributed by atoms with Crippen molar-refractivity contribution in [2.45, 2.75) is 0 Å². The number of nitrogens with zero attached hydrogens (tertiary/aromatic N) is 2. The molecule has 8 heteroatoms. The van der Waals surface area contributed by atoms with Crippen LogP contribution < -0.4 is 0 Å². The Kier molecular flexibility index (Phi) is 6.90. The molecular weight excluding hydrogens is 268 g/mol. The maximum absolute atomic E-state index is 11.2. The lowest BCUT2D eigenvalue weighted by Crippen LogP contribution is -2.57. The summed E-state index contributed by atoms with van der Waals surface area (Å²) >= 11 is 0. The first-order chi connectivity index (χ1) is 9.09. The van der Waals surface area contributed by atoms with Crippen molar-refractivity contribution in [2.75, 3.05) is 67.3 Å². The standard InChI is InChI=1S/C11H24N2O5Si/c1-15-11(14)9-12-5-7-13(8-6-12)10-19(16-2,17-3)18-4/h5-10H2,1-4H3. The summed E-state index contributed by atoms with van der Waals surface area (Å²) < 4.78 is 20.9. The average Bonchev–Trinajstić information content (AvgIpc) is 2.46. The van der Waals surface area contributed by atoms with Crippen molar-refractivity contribution in [2.24, 2.45) is 0 Å². The molecule has 7 nitrogen and oxygen atoms in total. The molecule has 112 valence electrons. The van der Waals surface area contributed by atoms with Crippen LogP contribution in [0.25, 0.3) is 0 Å². The fourth-order valence-electron chi connectivity index (χ4n) is 2.07. The Balaban J connectivity index is 2.39. The molecule has 1 saturated heterocycles. The predicted molar refractivity (Wildman–Crippen MR) is 71.7 cm³/mol. The molecule has 1 fully saturated rings. The van der Waals surface area contributed by atoms with E-state index in [2.05, 4.69) is 14.5 Å². The van der Waals surface area contributed by atoms with Gasteiger partial charge in [-0.1, -0.05) is 0 Å². The Morgan fingerprint density at radius 2 is 1.42 bits per heavy atom. The Bertz CT molecular complexity index is 272. The van der Waals surface area contributed by atoms with Gasteiger partial charge in [-0.05, 0) is 0 Å². The molecule has 19 heavy (non-hydrogen) atoms. The van der Waals surface area contributed by atoms with E-state index in [0.717, 1.165) is 26.2 Å². The van der Waals surface area contributed by atoms with Gasteiger partial charge < -0.3 is 18.0 Å². The summed E-state index contributed by atoms with van der Waals surface area (Å²) in [6.45, 7) is 3.74. The van der Waals surface area contributed by atoms with Crippen LogP contribution >= 0.6 is 0 Å².